The number of pyridine rings is 1. The van der Waals surface area contributed by atoms with Crippen molar-refractivity contribution in [1.29, 1.82) is 0 Å². The maximum absolute atomic E-state index is 13.2. The molecule has 0 aliphatic carbocycles. The molecule has 8 heteroatoms. The molecule has 0 aliphatic heterocycles. The third-order valence-corrected chi connectivity index (χ3v) is 4.94. The molecule has 4 aromatic rings. The second kappa shape index (κ2) is 9.36. The summed E-state index contributed by atoms with van der Waals surface area (Å²) in [7, 11) is 0. The molecule has 0 atom stereocenters. The van der Waals surface area contributed by atoms with Crippen molar-refractivity contribution in [2.24, 2.45) is 5.10 Å². The first-order valence-electron chi connectivity index (χ1n) is 9.71. The summed E-state index contributed by atoms with van der Waals surface area (Å²) < 4.78 is 0. The zero-order valence-electron chi connectivity index (χ0n) is 17.1. The minimum atomic E-state index is -0.568. The second-order valence-corrected chi connectivity index (χ2v) is 7.42. The molecule has 0 aliphatic rings. The van der Waals surface area contributed by atoms with Gasteiger partial charge in [0, 0.05) is 39.7 Å². The lowest BCUT2D eigenvalue weighted by atomic mass is 10.1. The lowest BCUT2D eigenvalue weighted by Crippen LogP contribution is -2.32. The van der Waals surface area contributed by atoms with E-state index in [1.54, 1.807) is 42.6 Å². The lowest BCUT2D eigenvalue weighted by Gasteiger charge is -2.15. The number of carbonyl (C=O) groups excluding carboxylic acids is 2. The fourth-order valence-electron chi connectivity index (χ4n) is 3.02. The first kappa shape index (κ1) is 21.1. The first-order chi connectivity index (χ1) is 15.5. The van der Waals surface area contributed by atoms with Crippen LogP contribution >= 0.6 is 11.6 Å². The van der Waals surface area contributed by atoms with Crippen LogP contribution in [0.4, 0.5) is 0 Å². The molecule has 0 saturated carbocycles. The van der Waals surface area contributed by atoms with E-state index in [9.17, 15) is 9.59 Å². The van der Waals surface area contributed by atoms with Crippen LogP contribution in [0.1, 0.15) is 31.8 Å². The molecule has 32 heavy (non-hydrogen) atoms. The van der Waals surface area contributed by atoms with Crippen molar-refractivity contribution in [3.63, 3.8) is 0 Å². The number of H-pyrrole nitrogens is 1. The summed E-state index contributed by atoms with van der Waals surface area (Å²) in [6.07, 6.45) is 5.95. The van der Waals surface area contributed by atoms with Crippen LogP contribution in [0.25, 0.3) is 11.3 Å². The molecule has 2 amide bonds. The molecule has 2 aromatic heterocycles. The van der Waals surface area contributed by atoms with Crippen LogP contribution in [0.2, 0.25) is 5.02 Å². The summed E-state index contributed by atoms with van der Waals surface area (Å²) in [6, 6.07) is 17.2. The van der Waals surface area contributed by atoms with Crippen LogP contribution in [0.15, 0.2) is 84.4 Å². The molecule has 2 heterocycles. The molecule has 158 valence electrons. The molecule has 0 saturated heterocycles. The molecule has 0 fully saturated rings. The summed E-state index contributed by atoms with van der Waals surface area (Å²) in [4.78, 5) is 30.2. The molecule has 1 N–H and O–H groups in total. The smallest absolute Gasteiger partial charge is 0.277 e. The normalized spacial score (nSPS) is 10.9. The molecule has 0 bridgehead atoms. The highest BCUT2D eigenvalue weighted by atomic mass is 35.5. The Hall–Kier alpha value is -4.10. The van der Waals surface area contributed by atoms with Gasteiger partial charge in [-0.25, -0.2) is 0 Å². The molecular weight excluding hydrogens is 426 g/mol. The third-order valence-electron chi connectivity index (χ3n) is 4.70. The quantitative estimate of drug-likeness (QED) is 0.274. The molecule has 0 radical (unpaired) electrons. The van der Waals surface area contributed by atoms with E-state index in [0.29, 0.717) is 27.4 Å². The minimum Gasteiger partial charge on any atom is -0.277 e. The van der Waals surface area contributed by atoms with Crippen molar-refractivity contribution in [2.75, 3.05) is 0 Å². The SMILES string of the molecule is Cc1ccc(C(=O)N(/N=C/c2cn[nH]c2-c2cccc(Cl)c2)C(=O)c2ccncc2)cc1. The highest BCUT2D eigenvalue weighted by Crippen LogP contribution is 2.23. The van der Waals surface area contributed by atoms with Crippen LogP contribution in [0.5, 0.6) is 0 Å². The van der Waals surface area contributed by atoms with Gasteiger partial charge in [-0.15, -0.1) is 0 Å². The van der Waals surface area contributed by atoms with Crippen LogP contribution in [-0.2, 0) is 0 Å². The van der Waals surface area contributed by atoms with Crippen molar-refractivity contribution in [1.82, 2.24) is 20.2 Å². The van der Waals surface area contributed by atoms with Crippen LogP contribution in [-0.4, -0.2) is 38.2 Å². The Morgan fingerprint density at radius 1 is 1.00 bits per heavy atom. The summed E-state index contributed by atoms with van der Waals surface area (Å²) in [5.41, 5.74) is 3.69. The lowest BCUT2D eigenvalue weighted by molar-refractivity contribution is 0.0622. The van der Waals surface area contributed by atoms with Gasteiger partial charge in [-0.2, -0.15) is 15.2 Å². The van der Waals surface area contributed by atoms with E-state index in [1.165, 1.54) is 30.7 Å². The van der Waals surface area contributed by atoms with Gasteiger partial charge in [0.1, 0.15) is 0 Å². The summed E-state index contributed by atoms with van der Waals surface area (Å²) in [6.45, 7) is 1.92. The number of rotatable bonds is 5. The van der Waals surface area contributed by atoms with Crippen molar-refractivity contribution in [3.05, 3.63) is 107 Å². The highest BCUT2D eigenvalue weighted by Gasteiger charge is 2.24. The zero-order chi connectivity index (χ0) is 22.5. The molecular formula is C24H18ClN5O2. The van der Waals surface area contributed by atoms with Gasteiger partial charge in [0.25, 0.3) is 11.8 Å². The largest absolute Gasteiger partial charge is 0.281 e. The molecule has 0 spiro atoms. The van der Waals surface area contributed by atoms with Crippen LogP contribution in [0, 0.1) is 6.92 Å². The Labute approximate surface area is 189 Å². The molecule has 7 nitrogen and oxygen atoms in total. The van der Waals surface area contributed by atoms with Gasteiger partial charge in [-0.1, -0.05) is 41.4 Å². The summed E-state index contributed by atoms with van der Waals surface area (Å²) in [5.74, 6) is -1.11. The number of aromatic amines is 1. The number of hydrazone groups is 1. The van der Waals surface area contributed by atoms with Gasteiger partial charge in [0.05, 0.1) is 18.1 Å². The first-order valence-corrected chi connectivity index (χ1v) is 10.1. The number of hydrogen-bond donors (Lipinski definition) is 1. The van der Waals surface area contributed by atoms with Crippen LogP contribution in [0.3, 0.4) is 0 Å². The Balaban J connectivity index is 1.71. The number of imide groups is 1. The molecule has 2 aromatic carbocycles. The monoisotopic (exact) mass is 443 g/mol. The number of amides is 2. The summed E-state index contributed by atoms with van der Waals surface area (Å²) in [5, 5.41) is 12.6. The van der Waals surface area contributed by atoms with Crippen molar-refractivity contribution >= 4 is 29.6 Å². The topological polar surface area (TPSA) is 91.3 Å². The average Bonchev–Trinajstić information content (AvgIpc) is 3.28. The minimum absolute atomic E-state index is 0.292. The van der Waals surface area contributed by atoms with Gasteiger partial charge in [-0.3, -0.25) is 19.7 Å². The second-order valence-electron chi connectivity index (χ2n) is 6.98. The Kier molecular flexibility index (Phi) is 6.19. The number of nitrogens with one attached hydrogen (secondary N) is 1. The van der Waals surface area contributed by atoms with Gasteiger partial charge in [0.2, 0.25) is 0 Å². The number of nitrogens with zero attached hydrogens (tertiary/aromatic N) is 4. The number of aryl methyl sites for hydroxylation is 1. The molecule has 4 rings (SSSR count). The van der Waals surface area contributed by atoms with E-state index in [-0.39, 0.29) is 0 Å². The van der Waals surface area contributed by atoms with Crippen LogP contribution < -0.4 is 0 Å². The van der Waals surface area contributed by atoms with E-state index < -0.39 is 11.8 Å². The van der Waals surface area contributed by atoms with Gasteiger partial charge in [0.15, 0.2) is 0 Å². The third kappa shape index (κ3) is 4.63. The highest BCUT2D eigenvalue weighted by molar-refractivity contribution is 6.30. The Morgan fingerprint density at radius 2 is 1.69 bits per heavy atom. The van der Waals surface area contributed by atoms with Gasteiger partial charge in [-0.05, 0) is 43.3 Å². The maximum Gasteiger partial charge on any atom is 0.281 e. The van der Waals surface area contributed by atoms with Gasteiger partial charge < -0.3 is 0 Å². The number of halogens is 1. The predicted octanol–water partition coefficient (Wildman–Crippen LogP) is 4.75. The van der Waals surface area contributed by atoms with Crippen molar-refractivity contribution in [3.8, 4) is 11.3 Å². The standard InChI is InChI=1S/C24H18ClN5O2/c1-16-5-7-17(8-6-16)23(31)30(24(32)18-9-11-26-12-10-18)28-15-20-14-27-29-22(20)19-3-2-4-21(25)13-19/h2-15H,1H3,(H,27,29)/b28-15+. The maximum atomic E-state index is 13.2. The van der Waals surface area contributed by atoms with E-state index in [1.807, 2.05) is 19.1 Å². The van der Waals surface area contributed by atoms with E-state index in [0.717, 1.165) is 16.1 Å². The van der Waals surface area contributed by atoms with Crippen molar-refractivity contribution in [2.45, 2.75) is 6.92 Å². The van der Waals surface area contributed by atoms with Crippen molar-refractivity contribution < 1.29 is 9.59 Å². The average molecular weight is 444 g/mol. The fourth-order valence-corrected chi connectivity index (χ4v) is 3.21. The number of hydrogen-bond acceptors (Lipinski definition) is 5. The zero-order valence-corrected chi connectivity index (χ0v) is 17.8. The predicted molar refractivity (Wildman–Crippen MR) is 123 cm³/mol. The van der Waals surface area contributed by atoms with E-state index in [2.05, 4.69) is 20.3 Å². The molecule has 0 unspecified atom stereocenters. The number of benzene rings is 2. The Bertz CT molecular complexity index is 1280. The number of aromatic nitrogens is 3. The van der Waals surface area contributed by atoms with E-state index >= 15 is 0 Å². The van der Waals surface area contributed by atoms with E-state index in [4.69, 9.17) is 11.6 Å². The number of carbonyl (C=O) groups is 2. The van der Waals surface area contributed by atoms with Gasteiger partial charge >= 0.3 is 0 Å². The fraction of sp³-hybridized carbons (Fsp3) is 0.0417. The Morgan fingerprint density at radius 3 is 2.38 bits per heavy atom. The summed E-state index contributed by atoms with van der Waals surface area (Å²) >= 11 is 6.10.